The van der Waals surface area contributed by atoms with Gasteiger partial charge in [0.15, 0.2) is 11.2 Å². The summed E-state index contributed by atoms with van der Waals surface area (Å²) in [5.41, 5.74) is 1.71. The van der Waals surface area contributed by atoms with Crippen molar-refractivity contribution in [3.8, 4) is 5.75 Å². The molecule has 0 fully saturated rings. The molecule has 1 atom stereocenters. The molecule has 1 aromatic heterocycles. The minimum atomic E-state index is -0.506. The molecule has 0 aliphatic rings. The number of Topliss-reactive ketones (excluding diaryl/α,β-unsaturated/α-hetero) is 1. The fraction of sp³-hybridized carbons (Fsp3) is 0.333. The van der Waals surface area contributed by atoms with Crippen LogP contribution in [0, 0.1) is 11.7 Å². The highest BCUT2D eigenvalue weighted by molar-refractivity contribution is 6.30. The summed E-state index contributed by atoms with van der Waals surface area (Å²) in [5, 5.41) is 10.3. The van der Waals surface area contributed by atoms with Gasteiger partial charge in [-0.15, -0.1) is 0 Å². The molecule has 0 radical (unpaired) electrons. The molecule has 164 valence electrons. The molecule has 3 rings (SSSR count). The lowest BCUT2D eigenvalue weighted by atomic mass is 9.98. The van der Waals surface area contributed by atoms with E-state index in [9.17, 15) is 19.1 Å². The van der Waals surface area contributed by atoms with Crippen LogP contribution in [0.4, 0.5) is 4.39 Å². The molecule has 0 spiro atoms. The van der Waals surface area contributed by atoms with E-state index in [2.05, 4.69) is 0 Å². The standard InChI is InChI=1S/C24H25ClFNO4/c1-13(2)22(12-28)27-11-18(14(3)29)24(30)17-9-16(23(31-4)10-21(17)27)7-15-5-6-20(26)19(25)8-15/h5-6,8-11,13,22,28H,7,12H2,1-4H3/t22-/m1/s1. The normalized spacial score (nSPS) is 12.4. The van der Waals surface area contributed by atoms with Crippen LogP contribution in [0.3, 0.4) is 0 Å². The van der Waals surface area contributed by atoms with Crippen LogP contribution in [-0.4, -0.2) is 29.2 Å². The Morgan fingerprint density at radius 2 is 1.97 bits per heavy atom. The summed E-state index contributed by atoms with van der Waals surface area (Å²) < 4.78 is 20.9. The fourth-order valence-corrected chi connectivity index (χ4v) is 3.97. The van der Waals surface area contributed by atoms with E-state index in [0.717, 1.165) is 5.56 Å². The maximum absolute atomic E-state index is 13.5. The zero-order valence-electron chi connectivity index (χ0n) is 17.9. The first kappa shape index (κ1) is 23.0. The van der Waals surface area contributed by atoms with Crippen molar-refractivity contribution in [3.05, 3.63) is 74.3 Å². The van der Waals surface area contributed by atoms with E-state index in [1.807, 2.05) is 13.8 Å². The predicted molar refractivity (Wildman–Crippen MR) is 120 cm³/mol. The highest BCUT2D eigenvalue weighted by Crippen LogP contribution is 2.31. The number of benzene rings is 2. The Kier molecular flexibility index (Phi) is 6.82. The number of ketones is 1. The van der Waals surface area contributed by atoms with E-state index >= 15 is 0 Å². The van der Waals surface area contributed by atoms with Crippen molar-refractivity contribution in [3.63, 3.8) is 0 Å². The van der Waals surface area contributed by atoms with Crippen LogP contribution >= 0.6 is 11.6 Å². The number of ether oxygens (including phenoxy) is 1. The molecule has 0 amide bonds. The average molecular weight is 446 g/mol. The van der Waals surface area contributed by atoms with Crippen molar-refractivity contribution in [2.24, 2.45) is 5.92 Å². The number of pyridine rings is 1. The summed E-state index contributed by atoms with van der Waals surface area (Å²) in [6.07, 6.45) is 1.88. The number of nitrogens with zero attached hydrogens (tertiary/aromatic N) is 1. The zero-order chi connectivity index (χ0) is 22.9. The number of hydrogen-bond donors (Lipinski definition) is 1. The van der Waals surface area contributed by atoms with Gasteiger partial charge in [0.05, 0.1) is 35.9 Å². The van der Waals surface area contributed by atoms with Gasteiger partial charge in [0.25, 0.3) is 0 Å². The molecule has 0 bridgehead atoms. The maximum atomic E-state index is 13.5. The van der Waals surface area contributed by atoms with Gasteiger partial charge in [-0.05, 0) is 42.2 Å². The quantitative estimate of drug-likeness (QED) is 0.531. The van der Waals surface area contributed by atoms with Crippen LogP contribution in [0.1, 0.15) is 48.3 Å². The third-order valence-corrected chi connectivity index (χ3v) is 5.80. The van der Waals surface area contributed by atoms with Gasteiger partial charge >= 0.3 is 0 Å². The summed E-state index contributed by atoms with van der Waals surface area (Å²) in [5.74, 6) is -0.253. The predicted octanol–water partition coefficient (Wildman–Crippen LogP) is 4.79. The summed E-state index contributed by atoms with van der Waals surface area (Å²) in [7, 11) is 1.53. The Hall–Kier alpha value is -2.70. The van der Waals surface area contributed by atoms with Gasteiger partial charge in [-0.2, -0.15) is 0 Å². The van der Waals surface area contributed by atoms with Crippen LogP contribution in [0.2, 0.25) is 5.02 Å². The summed E-state index contributed by atoms with van der Waals surface area (Å²) in [4.78, 5) is 25.3. The van der Waals surface area contributed by atoms with E-state index in [1.54, 1.807) is 22.8 Å². The van der Waals surface area contributed by atoms with Crippen LogP contribution in [-0.2, 0) is 6.42 Å². The van der Waals surface area contributed by atoms with Crippen molar-refractivity contribution in [2.45, 2.75) is 33.2 Å². The Bertz CT molecular complexity index is 1200. The number of halogens is 2. The first-order chi connectivity index (χ1) is 14.7. The highest BCUT2D eigenvalue weighted by atomic mass is 35.5. The molecule has 0 saturated carbocycles. The summed E-state index contributed by atoms with van der Waals surface area (Å²) in [6, 6.07) is 7.56. The number of carbonyl (C=O) groups excluding carboxylic acids is 1. The molecule has 0 saturated heterocycles. The van der Waals surface area contributed by atoms with Crippen molar-refractivity contribution in [2.75, 3.05) is 13.7 Å². The number of aromatic nitrogens is 1. The van der Waals surface area contributed by atoms with Crippen LogP contribution in [0.15, 0.2) is 41.3 Å². The number of rotatable bonds is 7. The summed E-state index contributed by atoms with van der Waals surface area (Å²) >= 11 is 5.91. The Morgan fingerprint density at radius 3 is 2.52 bits per heavy atom. The fourth-order valence-electron chi connectivity index (χ4n) is 3.76. The lowest BCUT2D eigenvalue weighted by Gasteiger charge is -2.25. The van der Waals surface area contributed by atoms with Crippen LogP contribution < -0.4 is 10.2 Å². The topological polar surface area (TPSA) is 68.5 Å². The van der Waals surface area contributed by atoms with E-state index < -0.39 is 5.82 Å². The molecule has 5 nitrogen and oxygen atoms in total. The molecule has 2 aromatic carbocycles. The number of fused-ring (bicyclic) bond motifs is 1. The minimum absolute atomic E-state index is 0.0150. The number of hydrogen-bond acceptors (Lipinski definition) is 4. The maximum Gasteiger partial charge on any atom is 0.200 e. The van der Waals surface area contributed by atoms with Gasteiger partial charge < -0.3 is 14.4 Å². The highest BCUT2D eigenvalue weighted by Gasteiger charge is 2.22. The number of carbonyl (C=O) groups is 1. The van der Waals surface area contributed by atoms with E-state index in [4.69, 9.17) is 16.3 Å². The molecular formula is C24H25ClFNO4. The second-order valence-electron chi connectivity index (χ2n) is 7.94. The molecule has 0 aliphatic heterocycles. The lowest BCUT2D eigenvalue weighted by molar-refractivity contribution is 0.101. The largest absolute Gasteiger partial charge is 0.496 e. The zero-order valence-corrected chi connectivity index (χ0v) is 18.7. The smallest absolute Gasteiger partial charge is 0.200 e. The number of aliphatic hydroxyl groups excluding tert-OH is 1. The number of aliphatic hydroxyl groups is 1. The Labute approximate surface area is 185 Å². The van der Waals surface area contributed by atoms with Gasteiger partial charge in [-0.3, -0.25) is 9.59 Å². The van der Waals surface area contributed by atoms with Crippen molar-refractivity contribution in [1.29, 1.82) is 0 Å². The van der Waals surface area contributed by atoms with Crippen LogP contribution in [0.5, 0.6) is 5.75 Å². The van der Waals surface area contributed by atoms with Gasteiger partial charge in [-0.1, -0.05) is 31.5 Å². The molecule has 0 unspecified atom stereocenters. The Morgan fingerprint density at radius 1 is 1.26 bits per heavy atom. The van der Waals surface area contributed by atoms with E-state index in [-0.39, 0.29) is 40.4 Å². The molecule has 31 heavy (non-hydrogen) atoms. The van der Waals surface area contributed by atoms with Gasteiger partial charge in [0, 0.05) is 24.1 Å². The summed E-state index contributed by atoms with van der Waals surface area (Å²) in [6.45, 7) is 5.12. The van der Waals surface area contributed by atoms with Crippen molar-refractivity contribution < 1.29 is 19.0 Å². The molecular weight excluding hydrogens is 421 g/mol. The Balaban J connectivity index is 2.29. The van der Waals surface area contributed by atoms with Gasteiger partial charge in [0.2, 0.25) is 0 Å². The second-order valence-corrected chi connectivity index (χ2v) is 8.34. The molecule has 7 heteroatoms. The SMILES string of the molecule is COc1cc2c(cc1Cc1ccc(F)c(Cl)c1)c(=O)c(C(C)=O)cn2[C@H](CO)C(C)C. The van der Waals surface area contributed by atoms with Gasteiger partial charge in [0.1, 0.15) is 11.6 Å². The minimum Gasteiger partial charge on any atom is -0.496 e. The van der Waals surface area contributed by atoms with E-state index in [0.29, 0.717) is 28.6 Å². The third kappa shape index (κ3) is 4.50. The first-order valence-corrected chi connectivity index (χ1v) is 10.4. The average Bonchev–Trinajstić information content (AvgIpc) is 2.72. The first-order valence-electron chi connectivity index (χ1n) is 9.99. The molecule has 1 N–H and O–H groups in total. The molecule has 1 heterocycles. The monoisotopic (exact) mass is 445 g/mol. The van der Waals surface area contributed by atoms with Crippen LogP contribution in [0.25, 0.3) is 10.9 Å². The lowest BCUT2D eigenvalue weighted by Crippen LogP contribution is -2.25. The van der Waals surface area contributed by atoms with Crippen molar-refractivity contribution >= 4 is 28.3 Å². The van der Waals surface area contributed by atoms with Crippen molar-refractivity contribution in [1.82, 2.24) is 4.57 Å². The third-order valence-electron chi connectivity index (χ3n) is 5.51. The number of methoxy groups -OCH3 is 1. The van der Waals surface area contributed by atoms with Gasteiger partial charge in [-0.25, -0.2) is 4.39 Å². The second kappa shape index (κ2) is 9.20. The van der Waals surface area contributed by atoms with E-state index in [1.165, 1.54) is 32.4 Å². The molecule has 3 aromatic rings. The molecule has 0 aliphatic carbocycles.